The zero-order valence-corrected chi connectivity index (χ0v) is 10.4. The van der Waals surface area contributed by atoms with Crippen molar-refractivity contribution in [2.24, 2.45) is 0 Å². The van der Waals surface area contributed by atoms with Crippen molar-refractivity contribution in [2.45, 2.75) is 6.54 Å². The summed E-state index contributed by atoms with van der Waals surface area (Å²) in [6.45, 7) is 0.512. The third kappa shape index (κ3) is 3.32. The van der Waals surface area contributed by atoms with Crippen molar-refractivity contribution < 1.29 is 14.8 Å². The first kappa shape index (κ1) is 13.5. The number of carboxylic acids is 1. The first-order valence-corrected chi connectivity index (χ1v) is 5.87. The van der Waals surface area contributed by atoms with E-state index in [4.69, 9.17) is 5.11 Å². The Bertz CT molecular complexity index is 563. The second-order valence-corrected chi connectivity index (χ2v) is 4.16. The van der Waals surface area contributed by atoms with Gasteiger partial charge < -0.3 is 10.4 Å². The van der Waals surface area contributed by atoms with E-state index in [0.717, 1.165) is 11.3 Å². The Hall–Kier alpha value is -2.89. The summed E-state index contributed by atoms with van der Waals surface area (Å²) in [5, 5.41) is 22.4. The minimum absolute atomic E-state index is 0.0429. The monoisotopic (exact) mass is 272 g/mol. The topological polar surface area (TPSA) is 92.5 Å². The van der Waals surface area contributed by atoms with Gasteiger partial charge in [-0.3, -0.25) is 10.1 Å². The Labute approximate surface area is 114 Å². The van der Waals surface area contributed by atoms with Crippen LogP contribution in [-0.4, -0.2) is 16.0 Å². The Kier molecular flexibility index (Phi) is 3.95. The molecule has 0 aliphatic heterocycles. The standard InChI is InChI=1S/C14H12N2O4/c17-14(18)11-3-1-10(2-4-11)9-15-12-5-7-13(8-6-12)16(19)20/h1-8,15H,9H2,(H,17,18). The quantitative estimate of drug-likeness (QED) is 0.644. The summed E-state index contributed by atoms with van der Waals surface area (Å²) < 4.78 is 0. The minimum Gasteiger partial charge on any atom is -0.478 e. The van der Waals surface area contributed by atoms with Crippen LogP contribution in [0.2, 0.25) is 0 Å². The van der Waals surface area contributed by atoms with Gasteiger partial charge in [-0.25, -0.2) is 4.79 Å². The number of carbonyl (C=O) groups is 1. The molecule has 0 aliphatic carbocycles. The van der Waals surface area contributed by atoms with Crippen LogP contribution in [-0.2, 0) is 6.54 Å². The Morgan fingerprint density at radius 3 is 2.20 bits per heavy atom. The van der Waals surface area contributed by atoms with Gasteiger partial charge in [-0.1, -0.05) is 12.1 Å². The number of nitrogens with zero attached hydrogens (tertiary/aromatic N) is 1. The third-order valence-electron chi connectivity index (χ3n) is 2.78. The second-order valence-electron chi connectivity index (χ2n) is 4.16. The average Bonchev–Trinajstić information content (AvgIpc) is 2.46. The molecule has 0 aliphatic rings. The maximum absolute atomic E-state index is 10.7. The van der Waals surface area contributed by atoms with Crippen LogP contribution in [0.25, 0.3) is 0 Å². The lowest BCUT2D eigenvalue weighted by molar-refractivity contribution is -0.384. The summed E-state index contributed by atoms with van der Waals surface area (Å²) in [6.07, 6.45) is 0. The highest BCUT2D eigenvalue weighted by Gasteiger charge is 2.04. The molecular weight excluding hydrogens is 260 g/mol. The van der Waals surface area contributed by atoms with Crippen LogP contribution in [0.3, 0.4) is 0 Å². The van der Waals surface area contributed by atoms with Crippen molar-refractivity contribution in [3.63, 3.8) is 0 Å². The normalized spacial score (nSPS) is 10.0. The molecule has 2 aromatic carbocycles. The molecule has 102 valence electrons. The van der Waals surface area contributed by atoms with Gasteiger partial charge in [-0.15, -0.1) is 0 Å². The van der Waals surface area contributed by atoms with E-state index in [1.807, 2.05) is 0 Å². The van der Waals surface area contributed by atoms with Crippen LogP contribution in [0.1, 0.15) is 15.9 Å². The molecule has 0 radical (unpaired) electrons. The van der Waals surface area contributed by atoms with E-state index in [2.05, 4.69) is 5.32 Å². The highest BCUT2D eigenvalue weighted by atomic mass is 16.6. The molecule has 0 fully saturated rings. The zero-order valence-electron chi connectivity index (χ0n) is 10.4. The molecule has 0 amide bonds. The summed E-state index contributed by atoms with van der Waals surface area (Å²) in [5.41, 5.74) is 1.97. The van der Waals surface area contributed by atoms with Gasteiger partial charge in [0, 0.05) is 24.4 Å². The van der Waals surface area contributed by atoms with Crippen LogP contribution in [0, 0.1) is 10.1 Å². The van der Waals surface area contributed by atoms with Crippen LogP contribution in [0.4, 0.5) is 11.4 Å². The molecule has 0 spiro atoms. The molecule has 2 aromatic rings. The molecule has 0 aromatic heterocycles. The van der Waals surface area contributed by atoms with Crippen LogP contribution >= 0.6 is 0 Å². The van der Waals surface area contributed by atoms with Crippen molar-refractivity contribution in [1.82, 2.24) is 0 Å². The Morgan fingerprint density at radius 1 is 1.10 bits per heavy atom. The van der Waals surface area contributed by atoms with Gasteiger partial charge in [0.2, 0.25) is 0 Å². The van der Waals surface area contributed by atoms with Gasteiger partial charge in [0.05, 0.1) is 10.5 Å². The van der Waals surface area contributed by atoms with Crippen LogP contribution < -0.4 is 5.32 Å². The van der Waals surface area contributed by atoms with Crippen LogP contribution in [0.15, 0.2) is 48.5 Å². The number of carboxylic acid groups (broad SMARTS) is 1. The Balaban J connectivity index is 1.97. The molecular formula is C14H12N2O4. The van der Waals surface area contributed by atoms with E-state index >= 15 is 0 Å². The number of rotatable bonds is 5. The lowest BCUT2D eigenvalue weighted by atomic mass is 10.1. The fourth-order valence-corrected chi connectivity index (χ4v) is 1.67. The summed E-state index contributed by atoms with van der Waals surface area (Å²) >= 11 is 0. The molecule has 0 saturated heterocycles. The molecule has 0 saturated carbocycles. The molecule has 0 atom stereocenters. The van der Waals surface area contributed by atoms with Crippen molar-refractivity contribution in [2.75, 3.05) is 5.32 Å². The van der Waals surface area contributed by atoms with E-state index in [0.29, 0.717) is 6.54 Å². The zero-order chi connectivity index (χ0) is 14.5. The molecule has 6 nitrogen and oxygen atoms in total. The number of nitrogens with one attached hydrogen (secondary N) is 1. The van der Waals surface area contributed by atoms with Crippen molar-refractivity contribution in [3.05, 3.63) is 69.8 Å². The molecule has 0 bridgehead atoms. The van der Waals surface area contributed by atoms with Crippen molar-refractivity contribution in [3.8, 4) is 0 Å². The van der Waals surface area contributed by atoms with E-state index in [1.54, 1.807) is 24.3 Å². The van der Waals surface area contributed by atoms with Gasteiger partial charge in [0.1, 0.15) is 0 Å². The molecule has 2 N–H and O–H groups in total. The van der Waals surface area contributed by atoms with Gasteiger partial charge in [-0.05, 0) is 29.8 Å². The number of nitro benzene ring substituents is 1. The summed E-state index contributed by atoms with van der Waals surface area (Å²) in [5.74, 6) is -0.958. The third-order valence-corrected chi connectivity index (χ3v) is 2.78. The summed E-state index contributed by atoms with van der Waals surface area (Å²) in [7, 11) is 0. The number of hydrogen-bond acceptors (Lipinski definition) is 4. The number of aromatic carboxylic acids is 1. The largest absolute Gasteiger partial charge is 0.478 e. The van der Waals surface area contributed by atoms with Gasteiger partial charge in [-0.2, -0.15) is 0 Å². The number of benzene rings is 2. The van der Waals surface area contributed by atoms with E-state index in [9.17, 15) is 14.9 Å². The average molecular weight is 272 g/mol. The predicted octanol–water partition coefficient (Wildman–Crippen LogP) is 2.91. The minimum atomic E-state index is -0.958. The maximum Gasteiger partial charge on any atom is 0.335 e. The van der Waals surface area contributed by atoms with Gasteiger partial charge in [0.15, 0.2) is 0 Å². The van der Waals surface area contributed by atoms with Crippen molar-refractivity contribution >= 4 is 17.3 Å². The Morgan fingerprint density at radius 2 is 1.70 bits per heavy atom. The predicted molar refractivity (Wildman–Crippen MR) is 73.8 cm³/mol. The van der Waals surface area contributed by atoms with E-state index < -0.39 is 10.9 Å². The van der Waals surface area contributed by atoms with Crippen LogP contribution in [0.5, 0.6) is 0 Å². The second kappa shape index (κ2) is 5.83. The lowest BCUT2D eigenvalue weighted by Gasteiger charge is -2.06. The highest BCUT2D eigenvalue weighted by Crippen LogP contribution is 2.16. The number of anilines is 1. The maximum atomic E-state index is 10.7. The molecule has 0 unspecified atom stereocenters. The number of nitro groups is 1. The van der Waals surface area contributed by atoms with Gasteiger partial charge >= 0.3 is 5.97 Å². The van der Waals surface area contributed by atoms with Crippen molar-refractivity contribution in [1.29, 1.82) is 0 Å². The lowest BCUT2D eigenvalue weighted by Crippen LogP contribution is -2.01. The fraction of sp³-hybridized carbons (Fsp3) is 0.0714. The molecule has 0 heterocycles. The number of non-ortho nitro benzene ring substituents is 1. The first-order valence-electron chi connectivity index (χ1n) is 5.87. The van der Waals surface area contributed by atoms with E-state index in [1.165, 1.54) is 24.3 Å². The SMILES string of the molecule is O=C(O)c1ccc(CNc2ccc([N+](=O)[O-])cc2)cc1. The van der Waals surface area contributed by atoms with Gasteiger partial charge in [0.25, 0.3) is 5.69 Å². The molecule has 2 rings (SSSR count). The fourth-order valence-electron chi connectivity index (χ4n) is 1.67. The van der Waals surface area contributed by atoms with E-state index in [-0.39, 0.29) is 11.3 Å². The summed E-state index contributed by atoms with van der Waals surface area (Å²) in [4.78, 5) is 20.8. The molecule has 6 heteroatoms. The molecule has 20 heavy (non-hydrogen) atoms. The number of hydrogen-bond donors (Lipinski definition) is 2. The smallest absolute Gasteiger partial charge is 0.335 e. The first-order chi connectivity index (χ1) is 9.56. The summed E-state index contributed by atoms with van der Waals surface area (Å²) in [6, 6.07) is 12.6. The highest BCUT2D eigenvalue weighted by molar-refractivity contribution is 5.87.